The molecule has 0 radical (unpaired) electrons. The van der Waals surface area contributed by atoms with Gasteiger partial charge in [-0.1, -0.05) is 0 Å². The van der Waals surface area contributed by atoms with Crippen LogP contribution in [0.3, 0.4) is 0 Å². The normalized spacial score (nSPS) is 17.0. The van der Waals surface area contributed by atoms with Crippen molar-refractivity contribution in [3.63, 3.8) is 0 Å². The summed E-state index contributed by atoms with van der Waals surface area (Å²) in [5.74, 6) is -1.15. The van der Waals surface area contributed by atoms with E-state index in [9.17, 15) is 18.0 Å². The van der Waals surface area contributed by atoms with E-state index < -0.39 is 28.1 Å². The molecule has 0 aliphatic carbocycles. The second-order valence-corrected chi connectivity index (χ2v) is 8.61. The van der Waals surface area contributed by atoms with Crippen molar-refractivity contribution in [1.82, 2.24) is 19.9 Å². The van der Waals surface area contributed by atoms with Crippen LogP contribution in [-0.4, -0.2) is 62.6 Å². The highest BCUT2D eigenvalue weighted by Gasteiger charge is 2.35. The number of hydrogen-bond donors (Lipinski definition) is 2. The maximum atomic E-state index is 13.0. The first kappa shape index (κ1) is 22.7. The molecule has 0 spiro atoms. The third-order valence-corrected chi connectivity index (χ3v) is 6.57. The lowest BCUT2D eigenvalue weighted by molar-refractivity contribution is -0.140. The van der Waals surface area contributed by atoms with Crippen LogP contribution in [0.4, 0.5) is 0 Å². The number of ether oxygens (including phenoxy) is 2. The molecule has 1 saturated heterocycles. The highest BCUT2D eigenvalue weighted by atomic mass is 32.2. The molecule has 2 aromatic rings. The minimum atomic E-state index is -3.86. The van der Waals surface area contributed by atoms with Gasteiger partial charge in [-0.3, -0.25) is 14.6 Å². The predicted octanol–water partition coefficient (Wildman–Crippen LogP) is 0.260. The molecule has 1 aromatic carbocycles. The van der Waals surface area contributed by atoms with Gasteiger partial charge >= 0.3 is 11.8 Å². The van der Waals surface area contributed by atoms with Crippen LogP contribution < -0.4 is 15.4 Å². The number of benzene rings is 1. The third-order valence-electron chi connectivity index (χ3n) is 4.67. The fourth-order valence-corrected chi connectivity index (χ4v) is 4.57. The molecule has 1 fully saturated rings. The summed E-state index contributed by atoms with van der Waals surface area (Å²) in [6, 6.07) is 9.45. The smallest absolute Gasteiger partial charge is 0.309 e. The first-order chi connectivity index (χ1) is 14.9. The molecule has 166 valence electrons. The molecule has 2 heterocycles. The van der Waals surface area contributed by atoms with Crippen LogP contribution in [0.15, 0.2) is 53.7 Å². The van der Waals surface area contributed by atoms with E-state index in [4.69, 9.17) is 9.47 Å². The van der Waals surface area contributed by atoms with Gasteiger partial charge in [-0.05, 0) is 48.4 Å². The quantitative estimate of drug-likeness (QED) is 0.582. The summed E-state index contributed by atoms with van der Waals surface area (Å²) in [4.78, 5) is 28.1. The number of nitrogens with one attached hydrogen (secondary N) is 2. The molecule has 1 aliphatic rings. The van der Waals surface area contributed by atoms with Crippen LogP contribution in [0.1, 0.15) is 12.0 Å². The Kier molecular flexibility index (Phi) is 7.55. The number of rotatable bonds is 7. The zero-order valence-electron chi connectivity index (χ0n) is 17.0. The predicted molar refractivity (Wildman–Crippen MR) is 110 cm³/mol. The van der Waals surface area contributed by atoms with Gasteiger partial charge in [0.25, 0.3) is 0 Å². The lowest BCUT2D eigenvalue weighted by Crippen LogP contribution is -2.53. The van der Waals surface area contributed by atoms with Gasteiger partial charge in [-0.2, -0.15) is 4.31 Å². The molecule has 1 aliphatic heterocycles. The number of carbonyl (C=O) groups is 2. The molecule has 0 unspecified atom stereocenters. The molecule has 2 amide bonds. The van der Waals surface area contributed by atoms with Crippen LogP contribution in [0.25, 0.3) is 0 Å². The van der Waals surface area contributed by atoms with Gasteiger partial charge in [-0.25, -0.2) is 8.42 Å². The number of amides is 2. The number of methoxy groups -OCH3 is 1. The van der Waals surface area contributed by atoms with Crippen LogP contribution >= 0.6 is 0 Å². The Morgan fingerprint density at radius 1 is 1.13 bits per heavy atom. The number of nitrogens with zero attached hydrogens (tertiary/aromatic N) is 2. The SMILES string of the molecule is COc1ccc(S(=O)(=O)N2CCCO[C@@H]2CNC(=O)C(=O)NCc2ccncc2)cc1. The third kappa shape index (κ3) is 5.78. The van der Waals surface area contributed by atoms with Crippen LogP contribution in [0.2, 0.25) is 0 Å². The Hall–Kier alpha value is -3.02. The summed E-state index contributed by atoms with van der Waals surface area (Å²) in [7, 11) is -2.36. The molecule has 10 nitrogen and oxygen atoms in total. The van der Waals surface area contributed by atoms with Crippen molar-refractivity contribution in [3.05, 3.63) is 54.4 Å². The molecule has 0 saturated carbocycles. The maximum absolute atomic E-state index is 13.0. The molecular formula is C20H24N4O6S. The molecule has 11 heteroatoms. The van der Waals surface area contributed by atoms with Gasteiger partial charge in [0.1, 0.15) is 12.0 Å². The highest BCUT2D eigenvalue weighted by Crippen LogP contribution is 2.23. The fourth-order valence-electron chi connectivity index (χ4n) is 3.01. The van der Waals surface area contributed by atoms with Crippen molar-refractivity contribution in [2.24, 2.45) is 0 Å². The average molecular weight is 449 g/mol. The van der Waals surface area contributed by atoms with E-state index in [0.717, 1.165) is 5.56 Å². The summed E-state index contributed by atoms with van der Waals surface area (Å²) >= 11 is 0. The van der Waals surface area contributed by atoms with E-state index in [-0.39, 0.29) is 24.5 Å². The summed E-state index contributed by atoms with van der Waals surface area (Å²) in [6.07, 6.45) is 2.77. The van der Waals surface area contributed by atoms with Crippen molar-refractivity contribution in [2.75, 3.05) is 26.8 Å². The van der Waals surface area contributed by atoms with E-state index in [0.29, 0.717) is 18.8 Å². The van der Waals surface area contributed by atoms with Gasteiger partial charge in [0.2, 0.25) is 10.0 Å². The molecule has 1 atom stereocenters. The Labute approximate surface area is 180 Å². The number of hydrogen-bond acceptors (Lipinski definition) is 7. The standard InChI is InChI=1S/C20H24N4O6S/c1-29-16-3-5-17(6-4-16)31(27,28)24-11-2-12-30-18(24)14-23-20(26)19(25)22-13-15-7-9-21-10-8-15/h3-10,18H,2,11-14H2,1H3,(H,22,25)(H,23,26)/t18-/m1/s1. The Morgan fingerprint density at radius 3 is 2.48 bits per heavy atom. The summed E-state index contributed by atoms with van der Waals surface area (Å²) in [5, 5.41) is 4.95. The van der Waals surface area contributed by atoms with Crippen molar-refractivity contribution >= 4 is 21.8 Å². The highest BCUT2D eigenvalue weighted by molar-refractivity contribution is 7.89. The maximum Gasteiger partial charge on any atom is 0.309 e. The molecule has 3 rings (SSSR count). The van der Waals surface area contributed by atoms with Crippen molar-refractivity contribution in [3.8, 4) is 5.75 Å². The Bertz CT molecular complexity index is 998. The van der Waals surface area contributed by atoms with Crippen LogP contribution in [0, 0.1) is 0 Å². The minimum absolute atomic E-state index is 0.0882. The van der Waals surface area contributed by atoms with E-state index in [1.54, 1.807) is 36.7 Å². The summed E-state index contributed by atoms with van der Waals surface area (Å²) in [5.41, 5.74) is 0.795. The minimum Gasteiger partial charge on any atom is -0.497 e. The van der Waals surface area contributed by atoms with Gasteiger partial charge in [-0.15, -0.1) is 0 Å². The van der Waals surface area contributed by atoms with Gasteiger partial charge in [0.05, 0.1) is 25.2 Å². The summed E-state index contributed by atoms with van der Waals surface area (Å²) < 4.78 is 37.9. The molecule has 1 aromatic heterocycles. The Morgan fingerprint density at radius 2 is 1.81 bits per heavy atom. The Balaban J connectivity index is 1.59. The zero-order valence-corrected chi connectivity index (χ0v) is 17.8. The first-order valence-corrected chi connectivity index (χ1v) is 11.1. The lowest BCUT2D eigenvalue weighted by atomic mass is 10.3. The monoisotopic (exact) mass is 448 g/mol. The van der Waals surface area contributed by atoms with Gasteiger partial charge in [0, 0.05) is 25.5 Å². The van der Waals surface area contributed by atoms with E-state index >= 15 is 0 Å². The second-order valence-electron chi connectivity index (χ2n) is 6.72. The molecule has 2 N–H and O–H groups in total. The number of pyridine rings is 1. The zero-order chi connectivity index (χ0) is 22.3. The van der Waals surface area contributed by atoms with Crippen LogP contribution in [0.5, 0.6) is 5.75 Å². The van der Waals surface area contributed by atoms with E-state index in [1.165, 1.54) is 23.5 Å². The van der Waals surface area contributed by atoms with E-state index in [1.807, 2.05) is 0 Å². The molecular weight excluding hydrogens is 424 g/mol. The average Bonchev–Trinajstić information content (AvgIpc) is 2.81. The van der Waals surface area contributed by atoms with Crippen LogP contribution in [-0.2, 0) is 30.9 Å². The van der Waals surface area contributed by atoms with Crippen molar-refractivity contribution in [2.45, 2.75) is 24.1 Å². The molecule has 31 heavy (non-hydrogen) atoms. The fraction of sp³-hybridized carbons (Fsp3) is 0.350. The number of aromatic nitrogens is 1. The molecule has 0 bridgehead atoms. The number of carbonyl (C=O) groups excluding carboxylic acids is 2. The first-order valence-electron chi connectivity index (χ1n) is 9.64. The second kappa shape index (κ2) is 10.3. The van der Waals surface area contributed by atoms with E-state index in [2.05, 4.69) is 15.6 Å². The van der Waals surface area contributed by atoms with Crippen molar-refractivity contribution < 1.29 is 27.5 Å². The number of sulfonamides is 1. The lowest BCUT2D eigenvalue weighted by Gasteiger charge is -2.34. The van der Waals surface area contributed by atoms with Gasteiger partial charge < -0.3 is 20.1 Å². The summed E-state index contributed by atoms with van der Waals surface area (Å²) in [6.45, 7) is 0.607. The van der Waals surface area contributed by atoms with Gasteiger partial charge in [0.15, 0.2) is 0 Å². The topological polar surface area (TPSA) is 127 Å². The largest absolute Gasteiger partial charge is 0.497 e. The van der Waals surface area contributed by atoms with Crippen molar-refractivity contribution in [1.29, 1.82) is 0 Å².